The fraction of sp³-hybridized carbons (Fsp3) is 0.333. The topological polar surface area (TPSA) is 39.2 Å². The van der Waals surface area contributed by atoms with Crippen LogP contribution in [-0.4, -0.2) is 18.1 Å². The van der Waals surface area contributed by atoms with Gasteiger partial charge in [-0.1, -0.05) is 15.9 Å². The summed E-state index contributed by atoms with van der Waals surface area (Å²) in [5.41, 5.74) is 2.12. The lowest BCUT2D eigenvalue weighted by Gasteiger charge is -2.04. The van der Waals surface area contributed by atoms with Crippen LogP contribution in [0.3, 0.4) is 0 Å². The second kappa shape index (κ2) is 4.37. The van der Waals surface area contributed by atoms with Gasteiger partial charge in [-0.25, -0.2) is 4.79 Å². The number of alkyl halides is 1. The van der Waals surface area contributed by atoms with Crippen molar-refractivity contribution in [2.24, 2.45) is 0 Å². The Hall–Kier alpha value is -0.900. The molecular formula is C9H10BrNO2. The normalized spacial score (nSPS) is 9.77. The molecule has 0 aliphatic rings. The quantitative estimate of drug-likeness (QED) is 0.590. The summed E-state index contributed by atoms with van der Waals surface area (Å²) in [6.45, 7) is 1.88. The summed E-state index contributed by atoms with van der Waals surface area (Å²) in [5.74, 6) is -0.345. The van der Waals surface area contributed by atoms with Gasteiger partial charge in [0.05, 0.1) is 18.4 Å². The van der Waals surface area contributed by atoms with Gasteiger partial charge >= 0.3 is 5.97 Å². The Morgan fingerprint density at radius 1 is 1.62 bits per heavy atom. The van der Waals surface area contributed by atoms with Crippen molar-refractivity contribution in [2.75, 3.05) is 7.11 Å². The standard InChI is InChI=1S/C9H10BrNO2/c1-6-3-4-7(9(12)13-2)8(5-10)11-6/h3-4H,5H2,1-2H3. The Balaban J connectivity index is 3.13. The minimum absolute atomic E-state index is 0.345. The molecule has 0 bridgehead atoms. The van der Waals surface area contributed by atoms with Gasteiger partial charge in [-0.2, -0.15) is 0 Å². The smallest absolute Gasteiger partial charge is 0.339 e. The van der Waals surface area contributed by atoms with Crippen molar-refractivity contribution in [3.8, 4) is 0 Å². The van der Waals surface area contributed by atoms with E-state index in [1.165, 1.54) is 7.11 Å². The summed E-state index contributed by atoms with van der Waals surface area (Å²) in [6.07, 6.45) is 0. The monoisotopic (exact) mass is 243 g/mol. The maximum absolute atomic E-state index is 11.2. The van der Waals surface area contributed by atoms with Crippen LogP contribution in [0.15, 0.2) is 12.1 Å². The number of aromatic nitrogens is 1. The molecule has 13 heavy (non-hydrogen) atoms. The molecule has 4 heteroatoms. The van der Waals surface area contributed by atoms with E-state index in [-0.39, 0.29) is 5.97 Å². The summed E-state index contributed by atoms with van der Waals surface area (Å²) >= 11 is 3.27. The van der Waals surface area contributed by atoms with Crippen LogP contribution in [0.25, 0.3) is 0 Å². The minimum Gasteiger partial charge on any atom is -0.465 e. The van der Waals surface area contributed by atoms with E-state index in [9.17, 15) is 4.79 Å². The van der Waals surface area contributed by atoms with Crippen molar-refractivity contribution in [2.45, 2.75) is 12.3 Å². The molecule has 0 unspecified atom stereocenters. The number of pyridine rings is 1. The average molecular weight is 244 g/mol. The highest BCUT2D eigenvalue weighted by molar-refractivity contribution is 9.08. The Morgan fingerprint density at radius 2 is 2.31 bits per heavy atom. The molecule has 1 heterocycles. The molecule has 0 amide bonds. The van der Waals surface area contributed by atoms with Crippen LogP contribution in [0.1, 0.15) is 21.7 Å². The molecule has 0 radical (unpaired) electrons. The Morgan fingerprint density at radius 3 is 2.85 bits per heavy atom. The van der Waals surface area contributed by atoms with Crippen molar-refractivity contribution >= 4 is 21.9 Å². The van der Waals surface area contributed by atoms with Crippen LogP contribution in [0, 0.1) is 6.92 Å². The van der Waals surface area contributed by atoms with Gasteiger partial charge in [0.2, 0.25) is 0 Å². The first-order valence-electron chi connectivity index (χ1n) is 3.80. The number of esters is 1. The number of halogens is 1. The number of ether oxygens (including phenoxy) is 1. The molecule has 0 aliphatic carbocycles. The maximum Gasteiger partial charge on any atom is 0.339 e. The van der Waals surface area contributed by atoms with E-state index in [0.717, 1.165) is 5.69 Å². The zero-order valence-electron chi connectivity index (χ0n) is 7.50. The first-order valence-corrected chi connectivity index (χ1v) is 4.92. The van der Waals surface area contributed by atoms with Gasteiger partial charge in [-0.15, -0.1) is 0 Å². The molecule has 1 rings (SSSR count). The number of carbonyl (C=O) groups is 1. The molecule has 3 nitrogen and oxygen atoms in total. The molecule has 0 saturated carbocycles. The van der Waals surface area contributed by atoms with Crippen LogP contribution >= 0.6 is 15.9 Å². The van der Waals surface area contributed by atoms with E-state index in [1.807, 2.05) is 6.92 Å². The number of methoxy groups -OCH3 is 1. The number of aryl methyl sites for hydroxylation is 1. The maximum atomic E-state index is 11.2. The number of nitrogens with zero attached hydrogens (tertiary/aromatic N) is 1. The number of carbonyl (C=O) groups excluding carboxylic acids is 1. The third-order valence-electron chi connectivity index (χ3n) is 1.65. The Kier molecular flexibility index (Phi) is 3.42. The fourth-order valence-electron chi connectivity index (χ4n) is 1.01. The second-order valence-corrected chi connectivity index (χ2v) is 3.13. The summed E-state index contributed by atoms with van der Waals surface area (Å²) in [7, 11) is 1.36. The zero-order chi connectivity index (χ0) is 9.84. The molecule has 0 fully saturated rings. The van der Waals surface area contributed by atoms with Crippen molar-refractivity contribution in [1.29, 1.82) is 0 Å². The number of hydrogen-bond acceptors (Lipinski definition) is 3. The zero-order valence-corrected chi connectivity index (χ0v) is 9.09. The highest BCUT2D eigenvalue weighted by Gasteiger charge is 2.11. The van der Waals surface area contributed by atoms with Gasteiger partial charge in [0.1, 0.15) is 0 Å². The van der Waals surface area contributed by atoms with Gasteiger partial charge in [0.15, 0.2) is 0 Å². The van der Waals surface area contributed by atoms with Gasteiger partial charge < -0.3 is 4.74 Å². The Labute approximate surface area is 85.3 Å². The van der Waals surface area contributed by atoms with E-state index in [2.05, 4.69) is 25.7 Å². The first-order chi connectivity index (χ1) is 6.19. The van der Waals surface area contributed by atoms with E-state index < -0.39 is 0 Å². The second-order valence-electron chi connectivity index (χ2n) is 2.57. The van der Waals surface area contributed by atoms with Crippen molar-refractivity contribution in [3.63, 3.8) is 0 Å². The summed E-state index contributed by atoms with van der Waals surface area (Å²) in [4.78, 5) is 15.4. The summed E-state index contributed by atoms with van der Waals surface area (Å²) in [6, 6.07) is 3.52. The summed E-state index contributed by atoms with van der Waals surface area (Å²) < 4.78 is 4.62. The average Bonchev–Trinajstić information content (AvgIpc) is 2.16. The first kappa shape index (κ1) is 10.2. The third-order valence-corrected chi connectivity index (χ3v) is 2.18. The lowest BCUT2D eigenvalue weighted by atomic mass is 10.2. The lowest BCUT2D eigenvalue weighted by molar-refractivity contribution is 0.0599. The van der Waals surface area contributed by atoms with E-state index in [1.54, 1.807) is 12.1 Å². The molecule has 0 atom stereocenters. The van der Waals surface area contributed by atoms with Crippen LogP contribution in [0.2, 0.25) is 0 Å². The van der Waals surface area contributed by atoms with Crippen LogP contribution in [-0.2, 0) is 10.1 Å². The lowest BCUT2D eigenvalue weighted by Crippen LogP contribution is -2.06. The minimum atomic E-state index is -0.345. The van der Waals surface area contributed by atoms with Gasteiger partial charge in [-0.05, 0) is 19.1 Å². The molecule has 70 valence electrons. The molecule has 0 spiro atoms. The molecule has 0 aromatic carbocycles. The number of hydrogen-bond donors (Lipinski definition) is 0. The van der Waals surface area contributed by atoms with E-state index >= 15 is 0 Å². The van der Waals surface area contributed by atoms with Gasteiger partial charge in [0, 0.05) is 11.0 Å². The summed E-state index contributed by atoms with van der Waals surface area (Å²) in [5, 5.41) is 0.555. The van der Waals surface area contributed by atoms with Crippen LogP contribution < -0.4 is 0 Å². The highest BCUT2D eigenvalue weighted by Crippen LogP contribution is 2.12. The Bertz CT molecular complexity index is 325. The fourth-order valence-corrected chi connectivity index (χ4v) is 1.44. The van der Waals surface area contributed by atoms with Crippen LogP contribution in [0.4, 0.5) is 0 Å². The molecule has 0 N–H and O–H groups in total. The van der Waals surface area contributed by atoms with Crippen LogP contribution in [0.5, 0.6) is 0 Å². The van der Waals surface area contributed by atoms with Crippen molar-refractivity contribution < 1.29 is 9.53 Å². The third kappa shape index (κ3) is 2.28. The van der Waals surface area contributed by atoms with E-state index in [0.29, 0.717) is 16.6 Å². The predicted octanol–water partition coefficient (Wildman–Crippen LogP) is 2.07. The molecule has 0 saturated heterocycles. The van der Waals surface area contributed by atoms with Gasteiger partial charge in [-0.3, -0.25) is 4.98 Å². The molecule has 1 aromatic rings. The molecular weight excluding hydrogens is 234 g/mol. The van der Waals surface area contributed by atoms with Gasteiger partial charge in [0.25, 0.3) is 0 Å². The van der Waals surface area contributed by atoms with Crippen molar-refractivity contribution in [3.05, 3.63) is 29.1 Å². The number of rotatable bonds is 2. The van der Waals surface area contributed by atoms with Crippen molar-refractivity contribution in [1.82, 2.24) is 4.98 Å². The largest absolute Gasteiger partial charge is 0.465 e. The molecule has 1 aromatic heterocycles. The SMILES string of the molecule is COC(=O)c1ccc(C)nc1CBr. The molecule has 0 aliphatic heterocycles. The predicted molar refractivity (Wildman–Crippen MR) is 52.9 cm³/mol. The van der Waals surface area contributed by atoms with E-state index in [4.69, 9.17) is 0 Å². The highest BCUT2D eigenvalue weighted by atomic mass is 79.9.